The minimum absolute atomic E-state index is 0.0354. The molecule has 0 aromatic heterocycles. The summed E-state index contributed by atoms with van der Waals surface area (Å²) in [5.74, 6) is 0.557. The maximum Gasteiger partial charge on any atom is 0.105 e. The van der Waals surface area contributed by atoms with Crippen molar-refractivity contribution in [3.63, 3.8) is 0 Å². The molecule has 632 valence electrons. The highest BCUT2D eigenvalue weighted by Crippen LogP contribution is 2.64. The van der Waals surface area contributed by atoms with Crippen LogP contribution in [0.4, 0.5) is 34.1 Å². The molecule has 0 heterocycles. The fourth-order valence-electron chi connectivity index (χ4n) is 21.4. The molecule has 18 aromatic carbocycles. The molecular formula is C126H107N3O. The summed E-state index contributed by atoms with van der Waals surface area (Å²) in [5, 5.41) is 2.35. The van der Waals surface area contributed by atoms with E-state index in [0.29, 0.717) is 0 Å². The fraction of sp³-hybridized carbons (Fsp3) is 0.143. The minimum Gasteiger partial charge on any atom is -0.310 e. The lowest BCUT2D eigenvalue weighted by atomic mass is 9.70. The first kappa shape index (κ1) is 82.5. The van der Waals surface area contributed by atoms with Gasteiger partial charge in [-0.3, -0.25) is 4.84 Å². The van der Waals surface area contributed by atoms with Crippen LogP contribution in [0.1, 0.15) is 148 Å². The van der Waals surface area contributed by atoms with Crippen molar-refractivity contribution in [2.75, 3.05) is 9.80 Å². The van der Waals surface area contributed by atoms with E-state index in [9.17, 15) is 0 Å². The third-order valence-electron chi connectivity index (χ3n) is 27.9. The highest BCUT2D eigenvalue weighted by molar-refractivity contribution is 5.98. The maximum absolute atomic E-state index is 7.98. The maximum atomic E-state index is 7.98. The summed E-state index contributed by atoms with van der Waals surface area (Å²) in [5.41, 5.74) is 40.3. The zero-order valence-electron chi connectivity index (χ0n) is 75.3. The predicted molar refractivity (Wildman–Crippen MR) is 545 cm³/mol. The highest BCUT2D eigenvalue weighted by Gasteiger charge is 2.52. The predicted octanol–water partition coefficient (Wildman–Crippen LogP) is 34.1. The van der Waals surface area contributed by atoms with E-state index in [-0.39, 0.29) is 35.3 Å². The van der Waals surface area contributed by atoms with Gasteiger partial charge in [-0.25, -0.2) is 0 Å². The Morgan fingerprint density at radius 2 is 0.562 bits per heavy atom. The second kappa shape index (κ2) is 34.6. The monoisotopic (exact) mass is 1680 g/mol. The van der Waals surface area contributed by atoms with Gasteiger partial charge in [-0.1, -0.05) is 399 Å². The van der Waals surface area contributed by atoms with Crippen LogP contribution in [0.25, 0.3) is 100 Å². The van der Waals surface area contributed by atoms with Gasteiger partial charge in [-0.15, -0.1) is 0 Å². The van der Waals surface area contributed by atoms with Crippen molar-refractivity contribution < 1.29 is 4.84 Å². The summed E-state index contributed by atoms with van der Waals surface area (Å²) in [7, 11) is 0. The van der Waals surface area contributed by atoms with E-state index in [0.717, 1.165) is 63.7 Å². The first-order valence-corrected chi connectivity index (χ1v) is 46.3. The number of hydrogen-bond acceptors (Lipinski definition) is 4. The third kappa shape index (κ3) is 15.4. The molecular weight excluding hydrogens is 1570 g/mol. The molecule has 3 aliphatic carbocycles. The lowest BCUT2D eigenvalue weighted by Crippen LogP contribution is -2.46. The van der Waals surface area contributed by atoms with Crippen LogP contribution in [-0.2, 0) is 15.7 Å². The highest BCUT2D eigenvalue weighted by atomic mass is 16.7. The summed E-state index contributed by atoms with van der Waals surface area (Å²) in [4.78, 5) is 12.8. The van der Waals surface area contributed by atoms with E-state index in [1.54, 1.807) is 0 Å². The summed E-state index contributed by atoms with van der Waals surface area (Å²) in [6.07, 6.45) is 1.30. The van der Waals surface area contributed by atoms with Gasteiger partial charge in [-0.05, 0) is 292 Å². The van der Waals surface area contributed by atoms with E-state index in [1.807, 2.05) is 0 Å². The molecule has 0 fully saturated rings. The average molecular weight is 1680 g/mol. The van der Waals surface area contributed by atoms with Crippen LogP contribution >= 0.6 is 0 Å². The van der Waals surface area contributed by atoms with Gasteiger partial charge in [0.15, 0.2) is 0 Å². The first-order chi connectivity index (χ1) is 63.6. The molecule has 21 rings (SSSR count). The summed E-state index contributed by atoms with van der Waals surface area (Å²) in [6, 6.07) is 168. The Balaban J connectivity index is 0.629. The number of rotatable bonds is 24. The molecule has 18 aromatic rings. The molecule has 4 heteroatoms. The standard InChI is InChI=1S/C126H107N3O/c1-85(2)123(99-39-22-13-23-40-99)129(124(4,5)6)130-122(98-55-53-94(54-56-98)100-41-30-42-108(80-100)127(104-67-57-91(58-68-104)88-33-16-10-17-34-88)105-69-59-92(60-70-105)89-35-18-11-19-36-89)83-103(79-86(3)87-31-14-9-15-32-87)97-51-49-95(50-52-97)101-65-76-114-111-44-25-28-47-117(111)126(120(114)81-101)118-48-29-26-45-112(118)115-77-66-102(82-121(115)126)96-63-73-107(74-64-96)128(106-71-61-93(62-72-106)90-37-20-12-21-38-90)109-75-78-113-110-43-24-27-46-116(110)125(7,8)119(113)84-109/h9-78,80-82,84-86,103,122-123H,79,83H2,1-8H3. The zero-order chi connectivity index (χ0) is 88.2. The molecule has 0 bridgehead atoms. The van der Waals surface area contributed by atoms with E-state index < -0.39 is 11.0 Å². The number of fused-ring (bicyclic) bond motifs is 13. The van der Waals surface area contributed by atoms with Crippen LogP contribution < -0.4 is 9.80 Å². The average Bonchev–Trinajstić information content (AvgIpc) is 1.50. The number of anilines is 6. The summed E-state index contributed by atoms with van der Waals surface area (Å²) >= 11 is 0. The summed E-state index contributed by atoms with van der Waals surface area (Å²) in [6.45, 7) is 18.7. The van der Waals surface area contributed by atoms with Crippen molar-refractivity contribution in [3.05, 3.63) is 505 Å². The van der Waals surface area contributed by atoms with Gasteiger partial charge in [0.1, 0.15) is 6.10 Å². The van der Waals surface area contributed by atoms with Gasteiger partial charge < -0.3 is 9.80 Å². The number of benzene rings is 18. The van der Waals surface area contributed by atoms with E-state index in [4.69, 9.17) is 4.84 Å². The van der Waals surface area contributed by atoms with Crippen LogP contribution in [0, 0.1) is 5.92 Å². The van der Waals surface area contributed by atoms with Gasteiger partial charge in [0, 0.05) is 45.1 Å². The van der Waals surface area contributed by atoms with E-state index in [1.165, 1.54) is 139 Å². The Bertz CT molecular complexity index is 6990. The van der Waals surface area contributed by atoms with Gasteiger partial charge in [-0.2, -0.15) is 5.06 Å². The molecule has 1 spiro atoms. The number of nitrogens with zero attached hydrogens (tertiary/aromatic N) is 3. The van der Waals surface area contributed by atoms with Crippen LogP contribution in [0.5, 0.6) is 0 Å². The molecule has 0 amide bonds. The fourth-order valence-corrected chi connectivity index (χ4v) is 21.4. The van der Waals surface area contributed by atoms with Crippen molar-refractivity contribution in [2.45, 2.75) is 109 Å². The van der Waals surface area contributed by atoms with Crippen LogP contribution in [0.15, 0.2) is 449 Å². The smallest absolute Gasteiger partial charge is 0.105 e. The van der Waals surface area contributed by atoms with E-state index in [2.05, 4.69) is 519 Å². The van der Waals surface area contributed by atoms with Crippen molar-refractivity contribution in [2.24, 2.45) is 5.92 Å². The molecule has 4 nitrogen and oxygen atoms in total. The van der Waals surface area contributed by atoms with Crippen molar-refractivity contribution >= 4 is 34.1 Å². The SMILES string of the molecule is CC(CC(CC(ON(C(c1ccccc1)C(C)C)C(C)(C)C)c1ccc(-c2cccc(N(c3ccc(-c4ccccc4)cc3)c3ccc(-c4ccccc4)cc3)c2)cc1)c1ccc(-c2ccc3c(c2)C2(c4ccccc4-3)c3ccccc3-c3ccc(-c4ccc(N(c5ccc(-c6ccccc6)cc5)c5ccc6c(c5)C(C)(C)c5ccccc5-6)cc4)cc32)cc1)c1ccccc1. The first-order valence-electron chi connectivity index (χ1n) is 46.3. The van der Waals surface area contributed by atoms with Gasteiger partial charge in [0.25, 0.3) is 0 Å². The molecule has 0 aliphatic heterocycles. The molecule has 0 N–H and O–H groups in total. The normalized spacial score (nSPS) is 14.7. The topological polar surface area (TPSA) is 19.0 Å². The zero-order valence-corrected chi connectivity index (χ0v) is 75.3. The van der Waals surface area contributed by atoms with Gasteiger partial charge >= 0.3 is 0 Å². The Labute approximate surface area is 767 Å². The molecule has 0 saturated carbocycles. The minimum atomic E-state index is -0.589. The van der Waals surface area contributed by atoms with Crippen LogP contribution in [0.3, 0.4) is 0 Å². The quantitative estimate of drug-likeness (QED) is 0.0561. The Kier molecular flexibility index (Phi) is 21.9. The molecule has 0 saturated heterocycles. The summed E-state index contributed by atoms with van der Waals surface area (Å²) < 4.78 is 0. The Hall–Kier alpha value is -14.5. The Morgan fingerprint density at radius 3 is 1.00 bits per heavy atom. The third-order valence-corrected chi connectivity index (χ3v) is 27.9. The number of hydrogen-bond donors (Lipinski definition) is 0. The van der Waals surface area contributed by atoms with Gasteiger partial charge in [0.2, 0.25) is 0 Å². The van der Waals surface area contributed by atoms with Crippen LogP contribution in [0.2, 0.25) is 0 Å². The lowest BCUT2D eigenvalue weighted by Gasteiger charge is -2.45. The molecule has 5 unspecified atom stereocenters. The lowest BCUT2D eigenvalue weighted by molar-refractivity contribution is -0.278. The van der Waals surface area contributed by atoms with Crippen molar-refractivity contribution in [3.8, 4) is 100 Å². The van der Waals surface area contributed by atoms with E-state index >= 15 is 0 Å². The second-order valence-corrected chi connectivity index (χ2v) is 37.7. The second-order valence-electron chi connectivity index (χ2n) is 37.7. The molecule has 0 radical (unpaired) electrons. The Morgan fingerprint density at radius 1 is 0.246 bits per heavy atom. The van der Waals surface area contributed by atoms with Crippen LogP contribution in [-0.4, -0.2) is 10.6 Å². The molecule has 3 aliphatic rings. The molecule has 5 atom stereocenters. The largest absolute Gasteiger partial charge is 0.310 e. The number of hydroxylamine groups is 2. The van der Waals surface area contributed by atoms with Gasteiger partial charge in [0.05, 0.1) is 11.5 Å². The van der Waals surface area contributed by atoms with Crippen molar-refractivity contribution in [1.82, 2.24) is 5.06 Å². The van der Waals surface area contributed by atoms with Crippen molar-refractivity contribution in [1.29, 1.82) is 0 Å². The molecule has 130 heavy (non-hydrogen) atoms.